The van der Waals surface area contributed by atoms with Gasteiger partial charge in [-0.1, -0.05) is 12.5 Å². The fraction of sp³-hybridized carbons (Fsp3) is 0.647. The molecule has 5 heteroatoms. The van der Waals surface area contributed by atoms with Gasteiger partial charge in [0.25, 0.3) is 5.56 Å². The minimum Gasteiger partial charge on any atom is -0.441 e. The number of aromatic nitrogens is 1. The molecular weight excluding hydrogens is 280 g/mol. The minimum absolute atomic E-state index is 0.0530. The van der Waals surface area contributed by atoms with Crippen LogP contribution in [0.2, 0.25) is 0 Å². The molecule has 1 aromatic rings. The van der Waals surface area contributed by atoms with Crippen molar-refractivity contribution in [1.29, 1.82) is 0 Å². The molecule has 3 aliphatic rings. The lowest BCUT2D eigenvalue weighted by molar-refractivity contribution is -0.165. The summed E-state index contributed by atoms with van der Waals surface area (Å²) in [6, 6.07) is 5.85. The second-order valence-corrected chi connectivity index (χ2v) is 6.81. The molecule has 118 valence electrons. The van der Waals surface area contributed by atoms with Crippen LogP contribution in [0.3, 0.4) is 0 Å². The Bertz CT molecular complexity index is 654. The molecule has 4 rings (SSSR count). The highest BCUT2D eigenvalue weighted by Gasteiger charge is 2.47. The van der Waals surface area contributed by atoms with Crippen molar-refractivity contribution in [2.75, 3.05) is 13.1 Å². The summed E-state index contributed by atoms with van der Waals surface area (Å²) in [6.45, 7) is 3.58. The summed E-state index contributed by atoms with van der Waals surface area (Å²) >= 11 is 0. The summed E-state index contributed by atoms with van der Waals surface area (Å²) in [5.41, 5.74) is 0.974. The molecule has 22 heavy (non-hydrogen) atoms. The van der Waals surface area contributed by atoms with Gasteiger partial charge in [-0.05, 0) is 31.9 Å². The Morgan fingerprint density at radius 2 is 2.18 bits per heavy atom. The molecule has 0 saturated carbocycles. The molecule has 0 amide bonds. The van der Waals surface area contributed by atoms with Crippen LogP contribution in [0.25, 0.3) is 0 Å². The van der Waals surface area contributed by atoms with Crippen molar-refractivity contribution >= 4 is 5.97 Å². The van der Waals surface area contributed by atoms with Crippen LogP contribution in [-0.4, -0.2) is 34.6 Å². The lowest BCUT2D eigenvalue weighted by atomic mass is 9.74. The van der Waals surface area contributed by atoms with Gasteiger partial charge in [0.15, 0.2) is 6.23 Å². The van der Waals surface area contributed by atoms with Gasteiger partial charge >= 0.3 is 5.97 Å². The summed E-state index contributed by atoms with van der Waals surface area (Å²) in [4.78, 5) is 26.6. The number of carbonyl (C=O) groups excluding carboxylic acids is 1. The van der Waals surface area contributed by atoms with Crippen molar-refractivity contribution in [3.8, 4) is 0 Å². The molecule has 0 N–H and O–H groups in total. The smallest absolute Gasteiger partial charge is 0.304 e. The van der Waals surface area contributed by atoms with Gasteiger partial charge in [0.2, 0.25) is 0 Å². The van der Waals surface area contributed by atoms with Crippen LogP contribution in [0.1, 0.15) is 50.4 Å². The zero-order valence-corrected chi connectivity index (χ0v) is 12.9. The SMILES string of the molecule is CC(=O)OC1[C@@H]2C[C@@H](CN3CCCC[C@H]23)c2cccc(=O)n21. The van der Waals surface area contributed by atoms with Crippen LogP contribution < -0.4 is 5.56 Å². The third-order valence-corrected chi connectivity index (χ3v) is 5.52. The van der Waals surface area contributed by atoms with E-state index in [2.05, 4.69) is 4.90 Å². The highest BCUT2D eigenvalue weighted by molar-refractivity contribution is 5.66. The summed E-state index contributed by atoms with van der Waals surface area (Å²) in [7, 11) is 0. The second-order valence-electron chi connectivity index (χ2n) is 6.81. The third-order valence-electron chi connectivity index (χ3n) is 5.52. The van der Waals surface area contributed by atoms with E-state index in [-0.39, 0.29) is 17.4 Å². The van der Waals surface area contributed by atoms with Crippen LogP contribution in [0, 0.1) is 5.92 Å². The average molecular weight is 302 g/mol. The van der Waals surface area contributed by atoms with E-state index in [4.69, 9.17) is 4.74 Å². The van der Waals surface area contributed by atoms with E-state index in [0.29, 0.717) is 12.0 Å². The Balaban J connectivity index is 1.82. The van der Waals surface area contributed by atoms with E-state index in [9.17, 15) is 9.59 Å². The van der Waals surface area contributed by atoms with E-state index in [1.165, 1.54) is 19.8 Å². The number of esters is 1. The zero-order valence-electron chi connectivity index (χ0n) is 12.9. The van der Waals surface area contributed by atoms with Crippen LogP contribution in [0.5, 0.6) is 0 Å². The van der Waals surface area contributed by atoms with Gasteiger partial charge in [-0.15, -0.1) is 0 Å². The summed E-state index contributed by atoms with van der Waals surface area (Å²) in [6.07, 6.45) is 4.19. The molecule has 0 spiro atoms. The minimum atomic E-state index is -0.441. The van der Waals surface area contributed by atoms with Crippen molar-refractivity contribution in [2.45, 2.75) is 50.8 Å². The maximum Gasteiger partial charge on any atom is 0.304 e. The van der Waals surface area contributed by atoms with Gasteiger partial charge in [0.1, 0.15) is 0 Å². The van der Waals surface area contributed by atoms with Crippen molar-refractivity contribution in [2.24, 2.45) is 5.92 Å². The normalized spacial score (nSPS) is 33.7. The van der Waals surface area contributed by atoms with Crippen molar-refractivity contribution in [3.63, 3.8) is 0 Å². The Hall–Kier alpha value is -1.62. The topological polar surface area (TPSA) is 51.5 Å². The lowest BCUT2D eigenvalue weighted by Gasteiger charge is -2.52. The molecule has 4 atom stereocenters. The molecule has 2 bridgehead atoms. The quantitative estimate of drug-likeness (QED) is 0.743. The number of fused-ring (bicyclic) bond motifs is 6. The molecule has 2 fully saturated rings. The molecule has 0 aromatic carbocycles. The number of hydrogen-bond acceptors (Lipinski definition) is 4. The maximum atomic E-state index is 12.4. The molecular formula is C17H22N2O3. The molecule has 1 aromatic heterocycles. The number of hydrogen-bond donors (Lipinski definition) is 0. The highest BCUT2D eigenvalue weighted by Crippen LogP contribution is 2.46. The van der Waals surface area contributed by atoms with E-state index >= 15 is 0 Å². The Morgan fingerprint density at radius 1 is 1.32 bits per heavy atom. The van der Waals surface area contributed by atoms with Gasteiger partial charge in [0.05, 0.1) is 0 Å². The fourth-order valence-corrected chi connectivity index (χ4v) is 4.72. The number of nitrogens with zero attached hydrogens (tertiary/aromatic N) is 2. The maximum absolute atomic E-state index is 12.4. The van der Waals surface area contributed by atoms with Gasteiger partial charge in [0, 0.05) is 43.1 Å². The largest absolute Gasteiger partial charge is 0.441 e. The van der Waals surface area contributed by atoms with E-state index in [0.717, 1.165) is 31.6 Å². The molecule has 0 aliphatic carbocycles. The van der Waals surface area contributed by atoms with Crippen LogP contribution in [-0.2, 0) is 9.53 Å². The number of rotatable bonds is 1. The molecule has 0 radical (unpaired) electrons. The van der Waals surface area contributed by atoms with Gasteiger partial charge in [-0.25, -0.2) is 0 Å². The average Bonchev–Trinajstić information content (AvgIpc) is 2.51. The molecule has 4 heterocycles. The van der Waals surface area contributed by atoms with Crippen molar-refractivity contribution < 1.29 is 9.53 Å². The van der Waals surface area contributed by atoms with Gasteiger partial charge < -0.3 is 4.74 Å². The first-order valence-corrected chi connectivity index (χ1v) is 8.28. The Kier molecular flexibility index (Phi) is 3.33. The van der Waals surface area contributed by atoms with Crippen LogP contribution >= 0.6 is 0 Å². The molecule has 1 unspecified atom stereocenters. The number of pyridine rings is 1. The number of carbonyl (C=O) groups is 1. The lowest BCUT2D eigenvalue weighted by Crippen LogP contribution is -2.57. The fourth-order valence-electron chi connectivity index (χ4n) is 4.72. The summed E-state index contributed by atoms with van der Waals surface area (Å²) in [5.74, 6) is 0.300. The third kappa shape index (κ3) is 2.10. The van der Waals surface area contributed by atoms with Crippen molar-refractivity contribution in [3.05, 3.63) is 34.2 Å². The van der Waals surface area contributed by atoms with Crippen LogP contribution in [0.4, 0.5) is 0 Å². The second kappa shape index (κ2) is 5.23. The molecule has 2 saturated heterocycles. The first-order valence-electron chi connectivity index (χ1n) is 8.28. The van der Waals surface area contributed by atoms with Crippen LogP contribution in [0.15, 0.2) is 23.0 Å². The van der Waals surface area contributed by atoms with Crippen molar-refractivity contribution in [1.82, 2.24) is 9.47 Å². The van der Waals surface area contributed by atoms with Gasteiger partial charge in [-0.3, -0.25) is 19.1 Å². The predicted octanol–water partition coefficient (Wildman–Crippen LogP) is 1.88. The first-order chi connectivity index (χ1) is 10.6. The van der Waals surface area contributed by atoms with Gasteiger partial charge in [-0.2, -0.15) is 0 Å². The highest BCUT2D eigenvalue weighted by atomic mass is 16.6. The number of piperidine rings is 2. The van der Waals surface area contributed by atoms with E-state index < -0.39 is 6.23 Å². The van der Waals surface area contributed by atoms with E-state index in [1.54, 1.807) is 10.6 Å². The predicted molar refractivity (Wildman–Crippen MR) is 81.6 cm³/mol. The monoisotopic (exact) mass is 302 g/mol. The Morgan fingerprint density at radius 3 is 3.00 bits per heavy atom. The zero-order chi connectivity index (χ0) is 15.3. The first kappa shape index (κ1) is 14.0. The Labute approximate surface area is 129 Å². The molecule has 3 aliphatic heterocycles. The summed E-state index contributed by atoms with van der Waals surface area (Å²) in [5, 5.41) is 0. The number of ether oxygens (including phenoxy) is 1. The standard InChI is InChI=1S/C17H22N2O3/c1-11(20)22-17-13-9-12(10-18-8-3-2-5-15(13)18)14-6-4-7-16(21)19(14)17/h4,6-7,12-13,15,17H,2-3,5,8-10H2,1H3/t12-,13+,15+,17?/m0/s1. The summed E-state index contributed by atoms with van der Waals surface area (Å²) < 4.78 is 7.37. The van der Waals surface area contributed by atoms with E-state index in [1.807, 2.05) is 12.1 Å². The molecule has 5 nitrogen and oxygen atoms in total.